The van der Waals surface area contributed by atoms with E-state index in [1.165, 1.54) is 5.56 Å². The predicted molar refractivity (Wildman–Crippen MR) is 89.7 cm³/mol. The lowest BCUT2D eigenvalue weighted by Crippen LogP contribution is -2.25. The van der Waals surface area contributed by atoms with Gasteiger partial charge in [0.05, 0.1) is 27.1 Å². The van der Waals surface area contributed by atoms with E-state index < -0.39 is 5.41 Å². The molecule has 0 unspecified atom stereocenters. The molecule has 1 aromatic heterocycles. The molecular formula is C15H15Br2N3O. The number of aromatic nitrogens is 2. The zero-order valence-electron chi connectivity index (χ0n) is 11.5. The number of carbonyl (C=O) groups is 1. The van der Waals surface area contributed by atoms with Crippen LogP contribution in [-0.4, -0.2) is 18.9 Å². The average molecular weight is 413 g/mol. The molecule has 21 heavy (non-hydrogen) atoms. The highest BCUT2D eigenvalue weighted by molar-refractivity contribution is 9.25. The number of amides is 1. The van der Waals surface area contributed by atoms with Gasteiger partial charge >= 0.3 is 0 Å². The fourth-order valence-corrected chi connectivity index (χ4v) is 3.68. The lowest BCUT2D eigenvalue weighted by atomic mass is 10.1. The molecule has 1 N–H and O–H groups in total. The fourth-order valence-electron chi connectivity index (χ4n) is 2.20. The van der Waals surface area contributed by atoms with E-state index in [0.717, 1.165) is 12.1 Å². The van der Waals surface area contributed by atoms with Crippen molar-refractivity contribution >= 4 is 43.5 Å². The molecule has 0 radical (unpaired) electrons. The highest BCUT2D eigenvalue weighted by Crippen LogP contribution is 2.66. The molecule has 4 nitrogen and oxygen atoms in total. The first-order valence-electron chi connectivity index (χ1n) is 6.66. The molecule has 1 heterocycles. The topological polar surface area (TPSA) is 46.9 Å². The van der Waals surface area contributed by atoms with Crippen LogP contribution in [0.5, 0.6) is 0 Å². The van der Waals surface area contributed by atoms with E-state index in [0.29, 0.717) is 6.54 Å². The van der Waals surface area contributed by atoms with Gasteiger partial charge in [-0.15, -0.1) is 0 Å². The Labute approximate surface area is 140 Å². The van der Waals surface area contributed by atoms with Crippen molar-refractivity contribution in [2.45, 2.75) is 23.1 Å². The van der Waals surface area contributed by atoms with Gasteiger partial charge in [0.15, 0.2) is 0 Å². The smallest absolute Gasteiger partial charge is 0.232 e. The number of carbonyl (C=O) groups excluding carboxylic acids is 1. The molecule has 1 fully saturated rings. The van der Waals surface area contributed by atoms with Crippen molar-refractivity contribution in [3.63, 3.8) is 0 Å². The second-order valence-corrected chi connectivity index (χ2v) is 9.35. The van der Waals surface area contributed by atoms with Gasteiger partial charge in [-0.25, -0.2) is 0 Å². The summed E-state index contributed by atoms with van der Waals surface area (Å²) in [5.74, 6) is -0.00416. The molecule has 0 saturated heterocycles. The molecule has 1 aliphatic rings. The third kappa shape index (κ3) is 2.92. The maximum absolute atomic E-state index is 12.3. The molecule has 1 aromatic carbocycles. The second kappa shape index (κ2) is 5.25. The number of rotatable bonds is 4. The first kappa shape index (κ1) is 14.8. The normalized spacial score (nSPS) is 22.8. The molecule has 1 saturated carbocycles. The van der Waals surface area contributed by atoms with Gasteiger partial charge in [-0.05, 0) is 18.9 Å². The van der Waals surface area contributed by atoms with E-state index in [9.17, 15) is 4.79 Å². The summed E-state index contributed by atoms with van der Waals surface area (Å²) < 4.78 is 1.53. The lowest BCUT2D eigenvalue weighted by molar-refractivity contribution is -0.120. The number of benzene rings is 1. The van der Waals surface area contributed by atoms with Crippen molar-refractivity contribution in [1.29, 1.82) is 0 Å². The van der Waals surface area contributed by atoms with Crippen LogP contribution in [0.2, 0.25) is 0 Å². The first-order valence-corrected chi connectivity index (χ1v) is 8.25. The summed E-state index contributed by atoms with van der Waals surface area (Å²) in [5, 5.41) is 7.21. The summed E-state index contributed by atoms with van der Waals surface area (Å²) in [6.07, 6.45) is 4.29. The van der Waals surface area contributed by atoms with Crippen molar-refractivity contribution < 1.29 is 4.79 Å². The minimum Gasteiger partial charge on any atom is -0.323 e. The Hall–Kier alpha value is -1.14. The SMILES string of the molecule is C[C@@]1(C(=O)Nc2cnn(Cc3ccccc3)c2)CC1(Br)Br. The van der Waals surface area contributed by atoms with Crippen LogP contribution in [0.1, 0.15) is 18.9 Å². The summed E-state index contributed by atoms with van der Waals surface area (Å²) >= 11 is 7.01. The summed E-state index contributed by atoms with van der Waals surface area (Å²) in [4.78, 5) is 12.3. The van der Waals surface area contributed by atoms with Crippen LogP contribution >= 0.6 is 31.9 Å². The lowest BCUT2D eigenvalue weighted by Gasteiger charge is -2.11. The molecule has 0 bridgehead atoms. The molecule has 6 heteroatoms. The predicted octanol–water partition coefficient (Wildman–Crippen LogP) is 3.77. The molecule has 2 aromatic rings. The van der Waals surface area contributed by atoms with Crippen molar-refractivity contribution in [2.24, 2.45) is 5.41 Å². The number of alkyl halides is 2. The molecular weight excluding hydrogens is 398 g/mol. The summed E-state index contributed by atoms with van der Waals surface area (Å²) in [7, 11) is 0. The van der Waals surface area contributed by atoms with Crippen LogP contribution in [0.3, 0.4) is 0 Å². The summed E-state index contributed by atoms with van der Waals surface area (Å²) in [5.41, 5.74) is 1.47. The largest absolute Gasteiger partial charge is 0.323 e. The van der Waals surface area contributed by atoms with Gasteiger partial charge < -0.3 is 5.32 Å². The van der Waals surface area contributed by atoms with Gasteiger partial charge in [0.2, 0.25) is 5.91 Å². The Kier molecular flexibility index (Phi) is 3.69. The molecule has 1 atom stereocenters. The number of hydrogen-bond donors (Lipinski definition) is 1. The molecule has 1 amide bonds. The highest BCUT2D eigenvalue weighted by Gasteiger charge is 2.66. The third-order valence-electron chi connectivity index (χ3n) is 3.84. The van der Waals surface area contributed by atoms with Crippen LogP contribution in [0.15, 0.2) is 42.7 Å². The summed E-state index contributed by atoms with van der Waals surface area (Å²) in [6.45, 7) is 2.62. The van der Waals surface area contributed by atoms with Gasteiger partial charge in [-0.2, -0.15) is 5.10 Å². The van der Waals surface area contributed by atoms with Gasteiger partial charge in [-0.3, -0.25) is 9.48 Å². The standard InChI is InChI=1S/C15H15Br2N3O/c1-14(10-15(14,16)17)13(21)19-12-7-18-20(9-12)8-11-5-3-2-4-6-11/h2-7,9H,8,10H2,1H3,(H,19,21)/t14-/m0/s1. The number of halogens is 2. The molecule has 3 rings (SSSR count). The maximum Gasteiger partial charge on any atom is 0.232 e. The van der Waals surface area contributed by atoms with Crippen molar-refractivity contribution in [1.82, 2.24) is 9.78 Å². The highest BCUT2D eigenvalue weighted by atomic mass is 79.9. The quantitative estimate of drug-likeness (QED) is 0.777. The minimum absolute atomic E-state index is 0.00416. The van der Waals surface area contributed by atoms with Crippen molar-refractivity contribution in [3.05, 3.63) is 48.3 Å². The van der Waals surface area contributed by atoms with Crippen LogP contribution in [0.4, 0.5) is 5.69 Å². The molecule has 110 valence electrons. The average Bonchev–Trinajstić information content (AvgIpc) is 2.77. The van der Waals surface area contributed by atoms with E-state index >= 15 is 0 Å². The third-order valence-corrected chi connectivity index (χ3v) is 6.15. The van der Waals surface area contributed by atoms with Crippen molar-refractivity contribution in [3.8, 4) is 0 Å². The van der Waals surface area contributed by atoms with Crippen LogP contribution in [0.25, 0.3) is 0 Å². The number of nitrogens with zero attached hydrogens (tertiary/aromatic N) is 2. The van der Waals surface area contributed by atoms with Gasteiger partial charge in [0.1, 0.15) is 0 Å². The van der Waals surface area contributed by atoms with E-state index in [2.05, 4.69) is 54.4 Å². The maximum atomic E-state index is 12.3. The molecule has 1 aliphatic carbocycles. The number of anilines is 1. The van der Waals surface area contributed by atoms with E-state index in [-0.39, 0.29) is 9.14 Å². The monoisotopic (exact) mass is 411 g/mol. The number of hydrogen-bond acceptors (Lipinski definition) is 2. The van der Waals surface area contributed by atoms with Crippen molar-refractivity contribution in [2.75, 3.05) is 5.32 Å². The van der Waals surface area contributed by atoms with E-state index in [1.54, 1.807) is 6.20 Å². The Morgan fingerprint density at radius 2 is 2.05 bits per heavy atom. The van der Waals surface area contributed by atoms with Gasteiger partial charge in [-0.1, -0.05) is 62.2 Å². The van der Waals surface area contributed by atoms with Crippen LogP contribution < -0.4 is 5.32 Å². The van der Waals surface area contributed by atoms with Gasteiger partial charge in [0, 0.05) is 6.20 Å². The Balaban J connectivity index is 1.65. The van der Waals surface area contributed by atoms with Crippen LogP contribution in [0, 0.1) is 5.41 Å². The zero-order valence-corrected chi connectivity index (χ0v) is 14.7. The first-order chi connectivity index (χ1) is 9.91. The second-order valence-electron chi connectivity index (χ2n) is 5.58. The molecule has 0 aliphatic heterocycles. The Bertz CT molecular complexity index is 669. The summed E-state index contributed by atoms with van der Waals surface area (Å²) in [6, 6.07) is 10.1. The number of nitrogens with one attached hydrogen (secondary N) is 1. The minimum atomic E-state index is -0.422. The Morgan fingerprint density at radius 1 is 1.38 bits per heavy atom. The van der Waals surface area contributed by atoms with E-state index in [4.69, 9.17) is 0 Å². The molecule has 0 spiro atoms. The fraction of sp³-hybridized carbons (Fsp3) is 0.333. The van der Waals surface area contributed by atoms with Gasteiger partial charge in [0.25, 0.3) is 0 Å². The zero-order chi connectivity index (χ0) is 15.1. The Morgan fingerprint density at radius 3 is 2.67 bits per heavy atom. The van der Waals surface area contributed by atoms with Crippen LogP contribution in [-0.2, 0) is 11.3 Å². The van der Waals surface area contributed by atoms with E-state index in [1.807, 2.05) is 36.0 Å².